The molecule has 0 bridgehead atoms. The molecule has 1 aromatic carbocycles. The Labute approximate surface area is 94.4 Å². The quantitative estimate of drug-likeness (QED) is 0.818. The largest absolute Gasteiger partial charge is 0.493 e. The predicted octanol–water partition coefficient (Wildman–Crippen LogP) is 1.31. The number of para-hydroxylation sites is 1. The maximum absolute atomic E-state index is 11.6. The van der Waals surface area contributed by atoms with Gasteiger partial charge < -0.3 is 9.84 Å². The minimum absolute atomic E-state index is 0.432. The average molecular weight is 221 g/mol. The Bertz CT molecular complexity index is 416. The highest BCUT2D eigenvalue weighted by atomic mass is 16.5. The lowest BCUT2D eigenvalue weighted by Gasteiger charge is -2.40. The Hall–Kier alpha value is -1.55. The van der Waals surface area contributed by atoms with E-state index in [0.717, 1.165) is 5.56 Å². The number of ether oxygens (including phenoxy) is 1. The molecule has 1 heterocycles. The van der Waals surface area contributed by atoms with Crippen LogP contribution in [0.25, 0.3) is 0 Å². The third-order valence-electron chi connectivity index (χ3n) is 3.17. The SMILES string of the molecule is CN(C)C1(C(=O)O)CCOc2ccccc21. The maximum atomic E-state index is 11.6. The van der Waals surface area contributed by atoms with Crippen molar-refractivity contribution in [2.24, 2.45) is 0 Å². The van der Waals surface area contributed by atoms with Gasteiger partial charge in [-0.25, -0.2) is 4.79 Å². The third kappa shape index (κ3) is 1.38. The third-order valence-corrected chi connectivity index (χ3v) is 3.17. The van der Waals surface area contributed by atoms with Crippen LogP contribution in [0.4, 0.5) is 0 Å². The summed E-state index contributed by atoms with van der Waals surface area (Å²) in [7, 11) is 3.58. The van der Waals surface area contributed by atoms with E-state index in [0.29, 0.717) is 18.8 Å². The van der Waals surface area contributed by atoms with Crippen LogP contribution in [0, 0.1) is 0 Å². The van der Waals surface area contributed by atoms with Crippen molar-refractivity contribution in [3.05, 3.63) is 29.8 Å². The summed E-state index contributed by atoms with van der Waals surface area (Å²) < 4.78 is 5.49. The number of rotatable bonds is 2. The number of carboxylic acid groups (broad SMARTS) is 1. The van der Waals surface area contributed by atoms with E-state index in [4.69, 9.17) is 4.74 Å². The fourth-order valence-electron chi connectivity index (χ4n) is 2.26. The van der Waals surface area contributed by atoms with Gasteiger partial charge in [-0.2, -0.15) is 0 Å². The first-order chi connectivity index (χ1) is 7.59. The number of fused-ring (bicyclic) bond motifs is 1. The predicted molar refractivity (Wildman–Crippen MR) is 59.6 cm³/mol. The first-order valence-corrected chi connectivity index (χ1v) is 5.22. The maximum Gasteiger partial charge on any atom is 0.329 e. The van der Waals surface area contributed by atoms with Crippen molar-refractivity contribution < 1.29 is 14.6 Å². The van der Waals surface area contributed by atoms with Gasteiger partial charge in [0.15, 0.2) is 5.54 Å². The van der Waals surface area contributed by atoms with Crippen LogP contribution in [0.2, 0.25) is 0 Å². The second kappa shape index (κ2) is 3.79. The average Bonchev–Trinajstić information content (AvgIpc) is 2.27. The van der Waals surface area contributed by atoms with Crippen LogP contribution < -0.4 is 4.74 Å². The lowest BCUT2D eigenvalue weighted by atomic mass is 9.83. The van der Waals surface area contributed by atoms with E-state index in [9.17, 15) is 9.90 Å². The number of nitrogens with zero attached hydrogens (tertiary/aromatic N) is 1. The van der Waals surface area contributed by atoms with Gasteiger partial charge in [0, 0.05) is 12.0 Å². The molecule has 0 spiro atoms. The number of hydrogen-bond donors (Lipinski definition) is 1. The van der Waals surface area contributed by atoms with Gasteiger partial charge in [-0.1, -0.05) is 18.2 Å². The number of carbonyl (C=O) groups is 1. The van der Waals surface area contributed by atoms with Crippen molar-refractivity contribution in [1.82, 2.24) is 4.90 Å². The molecule has 0 radical (unpaired) electrons. The minimum atomic E-state index is -0.963. The first-order valence-electron chi connectivity index (χ1n) is 5.22. The van der Waals surface area contributed by atoms with E-state index in [2.05, 4.69) is 0 Å². The zero-order chi connectivity index (χ0) is 11.8. The summed E-state index contributed by atoms with van der Waals surface area (Å²) in [5.74, 6) is -0.155. The van der Waals surface area contributed by atoms with Crippen LogP contribution in [-0.2, 0) is 10.3 Å². The summed E-state index contributed by atoms with van der Waals surface area (Å²) in [6, 6.07) is 7.33. The van der Waals surface area contributed by atoms with Gasteiger partial charge in [0.2, 0.25) is 0 Å². The summed E-state index contributed by atoms with van der Waals surface area (Å²) >= 11 is 0. The molecule has 86 valence electrons. The molecule has 2 rings (SSSR count). The van der Waals surface area contributed by atoms with Gasteiger partial charge in [-0.05, 0) is 20.2 Å². The van der Waals surface area contributed by atoms with Crippen LogP contribution in [0.1, 0.15) is 12.0 Å². The van der Waals surface area contributed by atoms with Gasteiger partial charge in [-0.15, -0.1) is 0 Å². The highest BCUT2D eigenvalue weighted by Gasteiger charge is 2.46. The van der Waals surface area contributed by atoms with Gasteiger partial charge in [0.1, 0.15) is 5.75 Å². The summed E-state index contributed by atoms with van der Waals surface area (Å²) in [6.07, 6.45) is 0.465. The van der Waals surface area contributed by atoms with E-state index >= 15 is 0 Å². The molecule has 1 atom stereocenters. The molecule has 0 aromatic heterocycles. The van der Waals surface area contributed by atoms with Crippen molar-refractivity contribution >= 4 is 5.97 Å². The van der Waals surface area contributed by atoms with E-state index in [-0.39, 0.29) is 0 Å². The van der Waals surface area contributed by atoms with E-state index in [1.807, 2.05) is 24.3 Å². The number of hydrogen-bond acceptors (Lipinski definition) is 3. The van der Waals surface area contributed by atoms with Gasteiger partial charge >= 0.3 is 5.97 Å². The molecule has 4 heteroatoms. The lowest BCUT2D eigenvalue weighted by molar-refractivity contribution is -0.152. The number of benzene rings is 1. The van der Waals surface area contributed by atoms with Gasteiger partial charge in [0.25, 0.3) is 0 Å². The van der Waals surface area contributed by atoms with Crippen LogP contribution in [-0.4, -0.2) is 36.7 Å². The van der Waals surface area contributed by atoms with Crippen LogP contribution in [0.5, 0.6) is 5.75 Å². The Balaban J connectivity index is 2.61. The second-order valence-electron chi connectivity index (χ2n) is 4.15. The van der Waals surface area contributed by atoms with Crippen LogP contribution >= 0.6 is 0 Å². The summed E-state index contributed by atoms with van der Waals surface area (Å²) in [6.45, 7) is 0.432. The minimum Gasteiger partial charge on any atom is -0.493 e. The number of carboxylic acids is 1. The molecule has 0 aliphatic carbocycles. The van der Waals surface area contributed by atoms with Crippen LogP contribution in [0.15, 0.2) is 24.3 Å². The zero-order valence-electron chi connectivity index (χ0n) is 9.43. The van der Waals surface area contributed by atoms with E-state index in [1.54, 1.807) is 19.0 Å². The molecule has 0 saturated carbocycles. The highest BCUT2D eigenvalue weighted by Crippen LogP contribution is 2.40. The lowest BCUT2D eigenvalue weighted by Crippen LogP contribution is -2.51. The van der Waals surface area contributed by atoms with Gasteiger partial charge in [0.05, 0.1) is 6.61 Å². The van der Waals surface area contributed by atoms with Crippen LogP contribution in [0.3, 0.4) is 0 Å². The number of aliphatic carboxylic acids is 1. The van der Waals surface area contributed by atoms with Gasteiger partial charge in [-0.3, -0.25) is 4.90 Å². The smallest absolute Gasteiger partial charge is 0.329 e. The zero-order valence-corrected chi connectivity index (χ0v) is 9.43. The topological polar surface area (TPSA) is 49.8 Å². The summed E-state index contributed by atoms with van der Waals surface area (Å²) in [5.41, 5.74) is -0.228. The second-order valence-corrected chi connectivity index (χ2v) is 4.15. The molecule has 1 aliphatic heterocycles. The molecular formula is C12H15NO3. The van der Waals surface area contributed by atoms with Crippen molar-refractivity contribution in [2.75, 3.05) is 20.7 Å². The molecule has 0 saturated heterocycles. The van der Waals surface area contributed by atoms with E-state index in [1.165, 1.54) is 0 Å². The molecule has 0 fully saturated rings. The van der Waals surface area contributed by atoms with Crippen molar-refractivity contribution in [2.45, 2.75) is 12.0 Å². The standard InChI is InChI=1S/C12H15NO3/c1-13(2)12(11(14)15)7-8-16-10-6-4-3-5-9(10)12/h3-6H,7-8H2,1-2H3,(H,14,15). The summed E-state index contributed by atoms with van der Waals surface area (Å²) in [5, 5.41) is 9.51. The number of likely N-dealkylation sites (N-methyl/N-ethyl adjacent to an activating group) is 1. The molecule has 4 nitrogen and oxygen atoms in total. The van der Waals surface area contributed by atoms with Crippen molar-refractivity contribution in [1.29, 1.82) is 0 Å². The molecular weight excluding hydrogens is 206 g/mol. The van der Waals surface area contributed by atoms with Crippen molar-refractivity contribution in [3.8, 4) is 5.75 Å². The molecule has 1 N–H and O–H groups in total. The van der Waals surface area contributed by atoms with E-state index < -0.39 is 11.5 Å². The molecule has 1 aromatic rings. The fraction of sp³-hybridized carbons (Fsp3) is 0.417. The summed E-state index contributed by atoms with van der Waals surface area (Å²) in [4.78, 5) is 13.3. The Kier molecular flexibility index (Phi) is 2.59. The molecule has 1 unspecified atom stereocenters. The Morgan fingerprint density at radius 3 is 2.75 bits per heavy atom. The molecule has 1 aliphatic rings. The first kappa shape index (κ1) is 11.0. The fourth-order valence-corrected chi connectivity index (χ4v) is 2.26. The normalized spacial score (nSPS) is 23.7. The monoisotopic (exact) mass is 221 g/mol. The highest BCUT2D eigenvalue weighted by molar-refractivity contribution is 5.82. The molecule has 0 amide bonds. The molecule has 16 heavy (non-hydrogen) atoms. The Morgan fingerprint density at radius 1 is 1.44 bits per heavy atom. The van der Waals surface area contributed by atoms with Crippen molar-refractivity contribution in [3.63, 3.8) is 0 Å². The Morgan fingerprint density at radius 2 is 2.12 bits per heavy atom.